The highest BCUT2D eigenvalue weighted by molar-refractivity contribution is 7.09. The number of nitrogens with one attached hydrogen (secondary N) is 2. The average molecular weight is 305 g/mol. The second-order valence-electron chi connectivity index (χ2n) is 4.53. The number of amides is 2. The summed E-state index contributed by atoms with van der Waals surface area (Å²) in [5.74, 6) is -1.13. The van der Waals surface area contributed by atoms with Gasteiger partial charge >= 0.3 is 12.0 Å². The molecule has 7 heteroatoms. The first-order valence-electron chi connectivity index (χ1n) is 6.25. The molecule has 1 heterocycles. The van der Waals surface area contributed by atoms with Gasteiger partial charge in [-0.25, -0.2) is 14.6 Å². The summed E-state index contributed by atoms with van der Waals surface area (Å²) < 4.78 is 0. The van der Waals surface area contributed by atoms with Crippen molar-refractivity contribution in [3.63, 3.8) is 0 Å². The van der Waals surface area contributed by atoms with Crippen LogP contribution in [0.25, 0.3) is 0 Å². The number of carbonyl (C=O) groups excluding carboxylic acids is 1. The van der Waals surface area contributed by atoms with Crippen molar-refractivity contribution in [2.45, 2.75) is 19.0 Å². The van der Waals surface area contributed by atoms with E-state index in [1.54, 1.807) is 41.9 Å². The van der Waals surface area contributed by atoms with E-state index in [0.717, 1.165) is 5.01 Å². The summed E-state index contributed by atoms with van der Waals surface area (Å²) in [5.41, 5.74) is -0.990. The molecule has 0 aliphatic heterocycles. The number of thiazole rings is 1. The van der Waals surface area contributed by atoms with Gasteiger partial charge in [0.05, 0.1) is 6.54 Å². The molecule has 0 aliphatic carbocycles. The number of hydrogen-bond donors (Lipinski definition) is 3. The van der Waals surface area contributed by atoms with Gasteiger partial charge in [-0.2, -0.15) is 0 Å². The average Bonchev–Trinajstić information content (AvgIpc) is 2.99. The number of hydrogen-bond acceptors (Lipinski definition) is 4. The Morgan fingerprint density at radius 1 is 1.33 bits per heavy atom. The fourth-order valence-corrected chi connectivity index (χ4v) is 2.34. The fraction of sp³-hybridized carbons (Fsp3) is 0.214. The van der Waals surface area contributed by atoms with Crippen LogP contribution in [0.15, 0.2) is 41.9 Å². The molecule has 0 fully saturated rings. The smallest absolute Gasteiger partial charge is 0.333 e. The van der Waals surface area contributed by atoms with E-state index in [0.29, 0.717) is 5.56 Å². The second kappa shape index (κ2) is 6.36. The van der Waals surface area contributed by atoms with Crippen molar-refractivity contribution in [2.24, 2.45) is 0 Å². The lowest BCUT2D eigenvalue weighted by atomic mass is 9.92. The zero-order chi connectivity index (χ0) is 15.3. The van der Waals surface area contributed by atoms with Gasteiger partial charge in [0.15, 0.2) is 5.54 Å². The number of carboxylic acids is 1. The van der Waals surface area contributed by atoms with Gasteiger partial charge in [-0.1, -0.05) is 30.3 Å². The van der Waals surface area contributed by atoms with E-state index in [4.69, 9.17) is 0 Å². The largest absolute Gasteiger partial charge is 0.479 e. The lowest BCUT2D eigenvalue weighted by Crippen LogP contribution is -2.52. The van der Waals surface area contributed by atoms with Crippen LogP contribution >= 0.6 is 11.3 Å². The molecule has 6 nitrogen and oxygen atoms in total. The minimum atomic E-state index is -1.49. The van der Waals surface area contributed by atoms with Gasteiger partial charge in [0.1, 0.15) is 5.01 Å². The van der Waals surface area contributed by atoms with Crippen LogP contribution in [0.3, 0.4) is 0 Å². The Morgan fingerprint density at radius 3 is 2.62 bits per heavy atom. The molecule has 0 saturated carbocycles. The summed E-state index contributed by atoms with van der Waals surface area (Å²) >= 11 is 1.42. The standard InChI is InChI=1S/C14H15N3O3S/c1-14(12(18)19,10-5-3-2-4-6-10)17-13(20)16-9-11-15-7-8-21-11/h2-8H,9H2,1H3,(H,18,19)(H2,16,17,20). The van der Waals surface area contributed by atoms with Gasteiger partial charge in [-0.3, -0.25) is 0 Å². The van der Waals surface area contributed by atoms with Crippen molar-refractivity contribution >= 4 is 23.3 Å². The molecule has 1 aromatic carbocycles. The quantitative estimate of drug-likeness (QED) is 0.787. The summed E-state index contributed by atoms with van der Waals surface area (Å²) in [6.07, 6.45) is 1.64. The summed E-state index contributed by atoms with van der Waals surface area (Å²) in [6.45, 7) is 1.71. The number of urea groups is 1. The van der Waals surface area contributed by atoms with Gasteiger partial charge in [0.2, 0.25) is 0 Å². The second-order valence-corrected chi connectivity index (χ2v) is 5.51. The van der Waals surface area contributed by atoms with Crippen molar-refractivity contribution in [3.8, 4) is 0 Å². The highest BCUT2D eigenvalue weighted by Gasteiger charge is 2.36. The molecular weight excluding hydrogens is 290 g/mol. The highest BCUT2D eigenvalue weighted by atomic mass is 32.1. The molecule has 0 radical (unpaired) electrons. The monoisotopic (exact) mass is 305 g/mol. The van der Waals surface area contributed by atoms with Crippen LogP contribution in [0.2, 0.25) is 0 Å². The van der Waals surface area contributed by atoms with Gasteiger partial charge in [-0.05, 0) is 12.5 Å². The Kier molecular flexibility index (Phi) is 4.54. The van der Waals surface area contributed by atoms with Crippen LogP contribution in [-0.2, 0) is 16.9 Å². The van der Waals surface area contributed by atoms with Crippen LogP contribution in [-0.4, -0.2) is 22.1 Å². The van der Waals surface area contributed by atoms with Gasteiger partial charge in [0.25, 0.3) is 0 Å². The Hall–Kier alpha value is -2.41. The molecule has 0 bridgehead atoms. The van der Waals surface area contributed by atoms with Crippen molar-refractivity contribution in [3.05, 3.63) is 52.5 Å². The summed E-state index contributed by atoms with van der Waals surface area (Å²) in [5, 5.41) is 17.1. The van der Waals surface area contributed by atoms with E-state index in [2.05, 4.69) is 15.6 Å². The molecule has 0 spiro atoms. The van der Waals surface area contributed by atoms with Gasteiger partial charge < -0.3 is 15.7 Å². The number of aliphatic carboxylic acids is 1. The molecule has 110 valence electrons. The van der Waals surface area contributed by atoms with Crippen LogP contribution in [0.4, 0.5) is 4.79 Å². The predicted octanol–water partition coefficient (Wildman–Crippen LogP) is 1.94. The molecule has 1 atom stereocenters. The molecule has 1 aromatic heterocycles. The Bertz CT molecular complexity index is 616. The zero-order valence-electron chi connectivity index (χ0n) is 11.4. The third kappa shape index (κ3) is 3.57. The predicted molar refractivity (Wildman–Crippen MR) is 78.9 cm³/mol. The molecule has 2 rings (SSSR count). The number of aromatic nitrogens is 1. The zero-order valence-corrected chi connectivity index (χ0v) is 12.2. The third-order valence-electron chi connectivity index (χ3n) is 3.03. The summed E-state index contributed by atoms with van der Waals surface area (Å²) in [4.78, 5) is 27.5. The van der Waals surface area contributed by atoms with E-state index < -0.39 is 17.5 Å². The van der Waals surface area contributed by atoms with Crippen molar-refractivity contribution in [1.82, 2.24) is 15.6 Å². The maximum Gasteiger partial charge on any atom is 0.333 e. The summed E-state index contributed by atoms with van der Waals surface area (Å²) in [7, 11) is 0. The van der Waals surface area contributed by atoms with Crippen LogP contribution in [0.1, 0.15) is 17.5 Å². The molecule has 2 aromatic rings. The Balaban J connectivity index is 2.06. The lowest BCUT2D eigenvalue weighted by Gasteiger charge is -2.26. The number of carbonyl (C=O) groups is 2. The summed E-state index contributed by atoms with van der Waals surface area (Å²) in [6, 6.07) is 8.01. The Labute approximate surface area is 125 Å². The number of nitrogens with zero attached hydrogens (tertiary/aromatic N) is 1. The molecule has 3 N–H and O–H groups in total. The maximum absolute atomic E-state index is 11.9. The molecule has 0 aliphatic rings. The van der Waals surface area contributed by atoms with Gasteiger partial charge in [-0.15, -0.1) is 11.3 Å². The highest BCUT2D eigenvalue weighted by Crippen LogP contribution is 2.20. The fourth-order valence-electron chi connectivity index (χ4n) is 1.79. The van der Waals surface area contributed by atoms with E-state index in [1.807, 2.05) is 0 Å². The first-order chi connectivity index (χ1) is 10.0. The molecule has 2 amide bonds. The number of rotatable bonds is 5. The first-order valence-corrected chi connectivity index (χ1v) is 7.13. The third-order valence-corrected chi connectivity index (χ3v) is 3.81. The van der Waals surface area contributed by atoms with E-state index in [-0.39, 0.29) is 6.54 Å². The molecule has 0 saturated heterocycles. The molecule has 1 unspecified atom stereocenters. The normalized spacial score (nSPS) is 13.2. The Morgan fingerprint density at radius 2 is 2.05 bits per heavy atom. The van der Waals surface area contributed by atoms with Crippen LogP contribution in [0.5, 0.6) is 0 Å². The SMILES string of the molecule is CC(NC(=O)NCc1nccs1)(C(=O)O)c1ccccc1. The minimum absolute atomic E-state index is 0.258. The van der Waals surface area contributed by atoms with Crippen molar-refractivity contribution in [2.75, 3.05) is 0 Å². The lowest BCUT2D eigenvalue weighted by molar-refractivity contribution is -0.144. The molecule has 21 heavy (non-hydrogen) atoms. The van der Waals surface area contributed by atoms with Gasteiger partial charge in [0, 0.05) is 11.6 Å². The van der Waals surface area contributed by atoms with Crippen LogP contribution < -0.4 is 10.6 Å². The van der Waals surface area contributed by atoms with Crippen molar-refractivity contribution in [1.29, 1.82) is 0 Å². The maximum atomic E-state index is 11.9. The van der Waals surface area contributed by atoms with Crippen molar-refractivity contribution < 1.29 is 14.7 Å². The van der Waals surface area contributed by atoms with E-state index in [1.165, 1.54) is 18.3 Å². The first kappa shape index (κ1) is 15.0. The van der Waals surface area contributed by atoms with E-state index >= 15 is 0 Å². The van der Waals surface area contributed by atoms with E-state index in [9.17, 15) is 14.7 Å². The number of benzene rings is 1. The van der Waals surface area contributed by atoms with Crippen LogP contribution in [0, 0.1) is 0 Å². The number of carboxylic acid groups (broad SMARTS) is 1. The minimum Gasteiger partial charge on any atom is -0.479 e. The molecular formula is C14H15N3O3S. The topological polar surface area (TPSA) is 91.3 Å².